The lowest BCUT2D eigenvalue weighted by Gasteiger charge is -2.17. The summed E-state index contributed by atoms with van der Waals surface area (Å²) in [4.78, 5) is 20.5. The second-order valence-corrected chi connectivity index (χ2v) is 7.81. The van der Waals surface area contributed by atoms with E-state index in [0.29, 0.717) is 6.42 Å². The van der Waals surface area contributed by atoms with E-state index in [2.05, 4.69) is 41.7 Å². The minimum atomic E-state index is 0.144. The number of anilines is 1. The van der Waals surface area contributed by atoms with Gasteiger partial charge in [0.05, 0.1) is 12.1 Å². The van der Waals surface area contributed by atoms with Crippen molar-refractivity contribution in [2.45, 2.75) is 19.8 Å². The number of thiazole rings is 1. The Morgan fingerprint density at radius 1 is 1.15 bits per heavy atom. The number of nitrogens with zero attached hydrogens (tertiary/aromatic N) is 3. The molecule has 5 heteroatoms. The van der Waals surface area contributed by atoms with Crippen LogP contribution in [-0.2, 0) is 17.6 Å². The van der Waals surface area contributed by atoms with Crippen LogP contribution in [0.5, 0.6) is 0 Å². The van der Waals surface area contributed by atoms with Gasteiger partial charge in [-0.15, -0.1) is 11.3 Å². The minimum absolute atomic E-state index is 0.144. The maximum Gasteiger partial charge on any atom is 0.232 e. The van der Waals surface area contributed by atoms with Crippen LogP contribution < -0.4 is 4.90 Å². The summed E-state index contributed by atoms with van der Waals surface area (Å²) in [7, 11) is 0. The lowest BCUT2D eigenvalue weighted by atomic mass is 10.1. The average Bonchev–Trinajstić information content (AvgIpc) is 3.37. The predicted molar refractivity (Wildman–Crippen MR) is 109 cm³/mol. The van der Waals surface area contributed by atoms with E-state index in [4.69, 9.17) is 4.98 Å². The van der Waals surface area contributed by atoms with Crippen molar-refractivity contribution in [1.82, 2.24) is 9.38 Å². The molecule has 27 heavy (non-hydrogen) atoms. The Balaban J connectivity index is 1.42. The average molecular weight is 373 g/mol. The number of para-hydroxylation sites is 1. The first-order valence-electron chi connectivity index (χ1n) is 9.10. The van der Waals surface area contributed by atoms with E-state index in [1.165, 1.54) is 11.1 Å². The van der Waals surface area contributed by atoms with Crippen molar-refractivity contribution >= 4 is 27.9 Å². The highest BCUT2D eigenvalue weighted by atomic mass is 32.1. The summed E-state index contributed by atoms with van der Waals surface area (Å²) in [6, 6.07) is 16.5. The van der Waals surface area contributed by atoms with Gasteiger partial charge in [-0.1, -0.05) is 48.0 Å². The first-order valence-corrected chi connectivity index (χ1v) is 9.98. The van der Waals surface area contributed by atoms with Crippen LogP contribution >= 0.6 is 11.3 Å². The second-order valence-electron chi connectivity index (χ2n) is 6.97. The zero-order valence-corrected chi connectivity index (χ0v) is 15.9. The van der Waals surface area contributed by atoms with Crippen molar-refractivity contribution in [3.63, 3.8) is 0 Å². The molecule has 0 atom stereocenters. The smallest absolute Gasteiger partial charge is 0.232 e. The molecule has 0 aliphatic carbocycles. The van der Waals surface area contributed by atoms with Crippen molar-refractivity contribution in [1.29, 1.82) is 0 Å². The van der Waals surface area contributed by atoms with Gasteiger partial charge in [-0.05, 0) is 25.0 Å². The van der Waals surface area contributed by atoms with Crippen LogP contribution in [0.2, 0.25) is 0 Å². The van der Waals surface area contributed by atoms with Crippen LogP contribution in [0.4, 0.5) is 5.69 Å². The monoisotopic (exact) mass is 373 g/mol. The summed E-state index contributed by atoms with van der Waals surface area (Å²) < 4.78 is 2.06. The van der Waals surface area contributed by atoms with E-state index in [9.17, 15) is 4.79 Å². The van der Waals surface area contributed by atoms with Gasteiger partial charge in [0, 0.05) is 35.1 Å². The fourth-order valence-electron chi connectivity index (χ4n) is 3.67. The molecular formula is C22H19N3OS. The molecule has 0 unspecified atom stereocenters. The van der Waals surface area contributed by atoms with Crippen LogP contribution in [0, 0.1) is 6.92 Å². The molecule has 4 nitrogen and oxygen atoms in total. The summed E-state index contributed by atoms with van der Waals surface area (Å²) in [5, 5.41) is 2.04. The summed E-state index contributed by atoms with van der Waals surface area (Å²) in [6.45, 7) is 2.85. The van der Waals surface area contributed by atoms with Crippen LogP contribution in [0.15, 0.2) is 60.1 Å². The maximum atomic E-state index is 12.9. The first-order chi connectivity index (χ1) is 13.2. The largest absolute Gasteiger partial charge is 0.311 e. The molecule has 1 amide bonds. The second kappa shape index (κ2) is 6.35. The number of amides is 1. The highest BCUT2D eigenvalue weighted by Gasteiger charge is 2.25. The molecule has 2 aromatic heterocycles. The Bertz CT molecular complexity index is 1140. The molecule has 0 radical (unpaired) electrons. The lowest BCUT2D eigenvalue weighted by molar-refractivity contribution is -0.117. The van der Waals surface area contributed by atoms with Gasteiger partial charge >= 0.3 is 0 Å². The van der Waals surface area contributed by atoms with Crippen LogP contribution in [0.25, 0.3) is 16.2 Å². The minimum Gasteiger partial charge on any atom is -0.311 e. The predicted octanol–water partition coefficient (Wildman–Crippen LogP) is 4.50. The molecule has 0 fully saturated rings. The van der Waals surface area contributed by atoms with Crippen molar-refractivity contribution in [2.24, 2.45) is 0 Å². The van der Waals surface area contributed by atoms with Crippen LogP contribution in [0.1, 0.15) is 16.8 Å². The first kappa shape index (κ1) is 16.3. The lowest BCUT2D eigenvalue weighted by Crippen LogP contribution is -2.30. The number of hydrogen-bond acceptors (Lipinski definition) is 3. The molecular weight excluding hydrogens is 354 g/mol. The summed E-state index contributed by atoms with van der Waals surface area (Å²) >= 11 is 1.58. The van der Waals surface area contributed by atoms with E-state index in [0.717, 1.165) is 40.6 Å². The Morgan fingerprint density at radius 2 is 1.96 bits per heavy atom. The molecule has 0 saturated heterocycles. The number of carbonyl (C=O) groups excluding carboxylic acids is 1. The number of carbonyl (C=O) groups is 1. The number of aromatic nitrogens is 2. The summed E-state index contributed by atoms with van der Waals surface area (Å²) in [6.07, 6.45) is 3.36. The molecule has 2 aromatic carbocycles. The number of rotatable bonds is 3. The van der Waals surface area contributed by atoms with Gasteiger partial charge < -0.3 is 4.90 Å². The zero-order valence-electron chi connectivity index (χ0n) is 15.1. The Hall–Kier alpha value is -2.92. The number of benzene rings is 2. The van der Waals surface area contributed by atoms with Gasteiger partial charge in [0.15, 0.2) is 4.96 Å². The summed E-state index contributed by atoms with van der Waals surface area (Å²) in [5.74, 6) is 0.144. The molecule has 1 aliphatic rings. The van der Waals surface area contributed by atoms with E-state index < -0.39 is 0 Å². The third-order valence-electron chi connectivity index (χ3n) is 5.15. The quantitative estimate of drug-likeness (QED) is 0.530. The van der Waals surface area contributed by atoms with Crippen molar-refractivity contribution < 1.29 is 4.79 Å². The highest BCUT2D eigenvalue weighted by Crippen LogP contribution is 2.29. The zero-order chi connectivity index (χ0) is 18.4. The van der Waals surface area contributed by atoms with Crippen molar-refractivity contribution in [3.8, 4) is 11.3 Å². The molecule has 3 heterocycles. The molecule has 1 aliphatic heterocycles. The van der Waals surface area contributed by atoms with Crippen molar-refractivity contribution in [2.75, 3.05) is 11.4 Å². The number of hydrogen-bond donors (Lipinski definition) is 0. The van der Waals surface area contributed by atoms with Gasteiger partial charge in [0.25, 0.3) is 0 Å². The molecule has 0 saturated carbocycles. The third kappa shape index (κ3) is 2.84. The van der Waals surface area contributed by atoms with Gasteiger partial charge in [-0.25, -0.2) is 4.98 Å². The normalized spacial score (nSPS) is 13.3. The third-order valence-corrected chi connectivity index (χ3v) is 6.04. The Labute approximate surface area is 161 Å². The summed E-state index contributed by atoms with van der Waals surface area (Å²) in [5.41, 5.74) is 6.59. The maximum absolute atomic E-state index is 12.9. The number of imidazole rings is 1. The fourth-order valence-corrected chi connectivity index (χ4v) is 4.54. The molecule has 0 bridgehead atoms. The topological polar surface area (TPSA) is 37.6 Å². The Morgan fingerprint density at radius 3 is 2.81 bits per heavy atom. The van der Waals surface area contributed by atoms with Gasteiger partial charge in [-0.3, -0.25) is 9.20 Å². The van der Waals surface area contributed by atoms with Crippen LogP contribution in [0.3, 0.4) is 0 Å². The standard InChI is InChI=1S/C22H19N3OS/c1-15-6-8-16(9-7-15)19-13-25-18(14-27-22(25)23-19)12-21(26)24-11-10-17-4-2-3-5-20(17)24/h2-9,13-14H,10-12H2,1H3. The van der Waals surface area contributed by atoms with E-state index in [1.54, 1.807) is 11.3 Å². The number of fused-ring (bicyclic) bond motifs is 2. The van der Waals surface area contributed by atoms with Gasteiger partial charge in [-0.2, -0.15) is 0 Å². The van der Waals surface area contributed by atoms with Gasteiger partial charge in [0.1, 0.15) is 0 Å². The molecule has 0 spiro atoms. The molecule has 0 N–H and O–H groups in total. The molecule has 4 aromatic rings. The molecule has 5 rings (SSSR count). The van der Waals surface area contributed by atoms with Crippen molar-refractivity contribution in [3.05, 3.63) is 76.9 Å². The van der Waals surface area contributed by atoms with E-state index in [-0.39, 0.29) is 5.91 Å². The van der Waals surface area contributed by atoms with Crippen LogP contribution in [-0.4, -0.2) is 21.8 Å². The van der Waals surface area contributed by atoms with E-state index in [1.807, 2.05) is 34.7 Å². The van der Waals surface area contributed by atoms with E-state index >= 15 is 0 Å². The SMILES string of the molecule is Cc1ccc(-c2cn3c(CC(=O)N4CCc5ccccc54)csc3n2)cc1. The fraction of sp³-hybridized carbons (Fsp3) is 0.182. The van der Waals surface area contributed by atoms with Gasteiger partial charge in [0.2, 0.25) is 5.91 Å². The number of aryl methyl sites for hydroxylation is 1. The molecule has 134 valence electrons. The highest BCUT2D eigenvalue weighted by molar-refractivity contribution is 7.15. The Kier molecular flexibility index (Phi) is 3.83.